The van der Waals surface area contributed by atoms with E-state index in [1.165, 1.54) is 24.4 Å². The quantitative estimate of drug-likeness (QED) is 0.243. The Bertz CT molecular complexity index is 1500. The highest BCUT2D eigenvalue weighted by Crippen LogP contribution is 2.31. The second-order valence-corrected chi connectivity index (χ2v) is 8.10. The molecule has 0 saturated carbocycles. The Balaban J connectivity index is 0.000000532. The van der Waals surface area contributed by atoms with Gasteiger partial charge in [-0.15, -0.1) is 0 Å². The average molecular weight is 551 g/mol. The Labute approximate surface area is 218 Å². The van der Waals surface area contributed by atoms with Crippen molar-refractivity contribution < 1.29 is 46.1 Å². The van der Waals surface area contributed by atoms with Crippen molar-refractivity contribution in [2.75, 3.05) is 6.61 Å². The number of benzene rings is 1. The lowest BCUT2D eigenvalue weighted by Crippen LogP contribution is -2.21. The van der Waals surface area contributed by atoms with Crippen LogP contribution in [-0.2, 0) is 16.1 Å². The lowest BCUT2D eigenvalue weighted by molar-refractivity contribution is -0.192. The van der Waals surface area contributed by atoms with Gasteiger partial charge in [-0.1, -0.05) is 6.07 Å². The smallest absolute Gasteiger partial charge is 0.485 e. The molecule has 1 N–H and O–H groups in total. The molecule has 0 amide bonds. The molecule has 0 fully saturated rings. The fourth-order valence-corrected chi connectivity index (χ4v) is 3.53. The number of carboxylic acids is 1. The highest BCUT2D eigenvalue weighted by Gasteiger charge is 2.38. The predicted octanol–water partition coefficient (Wildman–Crippen LogP) is 5.68. The number of pyridine rings is 2. The molecule has 0 saturated heterocycles. The molecule has 206 valence electrons. The summed E-state index contributed by atoms with van der Waals surface area (Å²) in [5.41, 5.74) is 3.61. The van der Waals surface area contributed by atoms with Crippen LogP contribution in [0.15, 0.2) is 48.9 Å². The molecule has 3 aromatic heterocycles. The minimum absolute atomic E-state index is 0.151. The zero-order chi connectivity index (χ0) is 28.9. The van der Waals surface area contributed by atoms with Gasteiger partial charge in [0, 0.05) is 24.2 Å². The Morgan fingerprint density at radius 1 is 1.08 bits per heavy atom. The van der Waals surface area contributed by atoms with Crippen LogP contribution < -0.4 is 4.74 Å². The average Bonchev–Trinajstić information content (AvgIpc) is 3.19. The first-order valence-corrected chi connectivity index (χ1v) is 11.3. The number of carbonyl (C=O) groups is 2. The van der Waals surface area contributed by atoms with Gasteiger partial charge in [0.2, 0.25) is 0 Å². The summed E-state index contributed by atoms with van der Waals surface area (Å²) in [7, 11) is 0. The molecule has 0 unspecified atom stereocenters. The minimum Gasteiger partial charge on any atom is -0.485 e. The fourth-order valence-electron chi connectivity index (χ4n) is 3.53. The van der Waals surface area contributed by atoms with Crippen molar-refractivity contribution in [1.29, 1.82) is 0 Å². The van der Waals surface area contributed by atoms with Gasteiger partial charge in [-0.2, -0.15) is 13.2 Å². The van der Waals surface area contributed by atoms with Gasteiger partial charge in [-0.05, 0) is 50.6 Å². The maximum Gasteiger partial charge on any atom is 0.490 e. The molecular formula is C26H22F5N3O5. The van der Waals surface area contributed by atoms with Crippen LogP contribution >= 0.6 is 0 Å². The summed E-state index contributed by atoms with van der Waals surface area (Å²) in [6.07, 6.45) is -0.127. The van der Waals surface area contributed by atoms with E-state index in [4.69, 9.17) is 19.4 Å². The topological polar surface area (TPSA) is 103 Å². The van der Waals surface area contributed by atoms with Crippen molar-refractivity contribution in [3.63, 3.8) is 0 Å². The molecule has 0 bridgehead atoms. The van der Waals surface area contributed by atoms with E-state index < -0.39 is 29.7 Å². The first-order chi connectivity index (χ1) is 18.3. The molecule has 39 heavy (non-hydrogen) atoms. The lowest BCUT2D eigenvalue weighted by Gasteiger charge is -2.11. The number of nitrogens with zero attached hydrogens (tertiary/aromatic N) is 3. The van der Waals surface area contributed by atoms with Crippen molar-refractivity contribution >= 4 is 17.6 Å². The van der Waals surface area contributed by atoms with Gasteiger partial charge >= 0.3 is 18.1 Å². The zero-order valence-corrected chi connectivity index (χ0v) is 20.8. The molecule has 0 spiro atoms. The molecule has 0 aliphatic heterocycles. The number of rotatable bonds is 6. The monoisotopic (exact) mass is 551 g/mol. The molecule has 8 nitrogen and oxygen atoms in total. The number of hydrogen-bond donors (Lipinski definition) is 1. The van der Waals surface area contributed by atoms with Crippen molar-refractivity contribution in [2.45, 2.75) is 33.6 Å². The van der Waals surface area contributed by atoms with Crippen LogP contribution in [0.4, 0.5) is 22.0 Å². The van der Waals surface area contributed by atoms with Crippen LogP contribution in [0.1, 0.15) is 34.1 Å². The van der Waals surface area contributed by atoms with Gasteiger partial charge < -0.3 is 14.6 Å². The van der Waals surface area contributed by atoms with Crippen LogP contribution in [0.25, 0.3) is 16.9 Å². The van der Waals surface area contributed by atoms with Gasteiger partial charge in [-0.3, -0.25) is 9.38 Å². The number of esters is 1. The molecule has 4 aromatic rings. The van der Waals surface area contributed by atoms with Gasteiger partial charge in [0.1, 0.15) is 18.2 Å². The Kier molecular flexibility index (Phi) is 8.84. The number of halogens is 5. The van der Waals surface area contributed by atoms with Crippen LogP contribution in [0.2, 0.25) is 0 Å². The Hall–Kier alpha value is -4.55. The van der Waals surface area contributed by atoms with Gasteiger partial charge in [-0.25, -0.2) is 23.4 Å². The number of aromatic nitrogens is 3. The highest BCUT2D eigenvalue weighted by molar-refractivity contribution is 5.90. The summed E-state index contributed by atoms with van der Waals surface area (Å²) in [5, 5.41) is 7.12. The first-order valence-electron chi connectivity index (χ1n) is 11.3. The summed E-state index contributed by atoms with van der Waals surface area (Å²) >= 11 is 0. The van der Waals surface area contributed by atoms with Gasteiger partial charge in [0.05, 0.1) is 29.1 Å². The third kappa shape index (κ3) is 6.86. The van der Waals surface area contributed by atoms with E-state index in [1.807, 2.05) is 24.4 Å². The molecule has 1 aromatic carbocycles. The van der Waals surface area contributed by atoms with E-state index in [2.05, 4.69) is 9.97 Å². The van der Waals surface area contributed by atoms with E-state index >= 15 is 0 Å². The second-order valence-electron chi connectivity index (χ2n) is 8.10. The maximum atomic E-state index is 14.0. The molecule has 4 rings (SSSR count). The predicted molar refractivity (Wildman–Crippen MR) is 128 cm³/mol. The number of alkyl halides is 3. The Morgan fingerprint density at radius 3 is 2.31 bits per heavy atom. The number of carbonyl (C=O) groups excluding carboxylic acids is 1. The number of imidazole rings is 1. The summed E-state index contributed by atoms with van der Waals surface area (Å²) in [5.74, 6) is -4.17. The SMILES string of the molecule is CCOC(=O)c1cncc(-c2c(C)nc3c(OCc4c(F)cccc4F)cc(C)cn23)c1.O=C(O)C(F)(F)F. The molecule has 13 heteroatoms. The number of carboxylic acid groups (broad SMARTS) is 1. The van der Waals surface area contributed by atoms with E-state index in [0.29, 0.717) is 28.2 Å². The third-order valence-corrected chi connectivity index (χ3v) is 5.20. The molecule has 0 aliphatic rings. The number of aryl methyl sites for hydroxylation is 2. The molecule has 0 atom stereocenters. The van der Waals surface area contributed by atoms with Gasteiger partial charge in [0.15, 0.2) is 11.4 Å². The van der Waals surface area contributed by atoms with E-state index in [0.717, 1.165) is 11.3 Å². The summed E-state index contributed by atoms with van der Waals surface area (Å²) in [6, 6.07) is 7.14. The van der Waals surface area contributed by atoms with Gasteiger partial charge in [0.25, 0.3) is 0 Å². The third-order valence-electron chi connectivity index (χ3n) is 5.20. The van der Waals surface area contributed by atoms with E-state index in [-0.39, 0.29) is 18.8 Å². The fraction of sp³-hybridized carbons (Fsp3) is 0.231. The maximum absolute atomic E-state index is 14.0. The zero-order valence-electron chi connectivity index (χ0n) is 20.8. The summed E-state index contributed by atoms with van der Waals surface area (Å²) in [4.78, 5) is 29.8. The number of hydrogen-bond acceptors (Lipinski definition) is 6. The standard InChI is InChI=1S/C24H21F2N3O3.C2HF3O2/c1-4-31-24(30)17-9-16(10-27-11-17)22-15(3)28-23-21(8-14(2)12-29(22)23)32-13-18-19(25)6-5-7-20(18)26;3-2(4,5)1(6)7/h5-12H,4,13H2,1-3H3;(H,6,7). The number of aliphatic carboxylic acids is 1. The van der Waals surface area contributed by atoms with Crippen LogP contribution in [-0.4, -0.2) is 44.2 Å². The second kappa shape index (κ2) is 11.9. The van der Waals surface area contributed by atoms with Crippen molar-refractivity contribution in [2.24, 2.45) is 0 Å². The van der Waals surface area contributed by atoms with Crippen molar-refractivity contribution in [3.05, 3.63) is 82.9 Å². The summed E-state index contributed by atoms with van der Waals surface area (Å²) < 4.78 is 72.4. The molecular weight excluding hydrogens is 529 g/mol. The Morgan fingerprint density at radius 2 is 1.72 bits per heavy atom. The number of fused-ring (bicyclic) bond motifs is 1. The van der Waals surface area contributed by atoms with Crippen molar-refractivity contribution in [3.8, 4) is 17.0 Å². The number of ether oxygens (including phenoxy) is 2. The largest absolute Gasteiger partial charge is 0.490 e. The van der Waals surface area contributed by atoms with E-state index in [9.17, 15) is 26.7 Å². The van der Waals surface area contributed by atoms with E-state index in [1.54, 1.807) is 25.3 Å². The first kappa shape index (κ1) is 29.0. The molecule has 0 aliphatic carbocycles. The normalized spacial score (nSPS) is 11.1. The lowest BCUT2D eigenvalue weighted by atomic mass is 10.1. The minimum atomic E-state index is -5.08. The van der Waals surface area contributed by atoms with Crippen LogP contribution in [0.3, 0.4) is 0 Å². The molecule has 3 heterocycles. The van der Waals surface area contributed by atoms with Crippen LogP contribution in [0, 0.1) is 25.5 Å². The van der Waals surface area contributed by atoms with Crippen LogP contribution in [0.5, 0.6) is 5.75 Å². The van der Waals surface area contributed by atoms with Crippen molar-refractivity contribution in [1.82, 2.24) is 14.4 Å². The molecule has 0 radical (unpaired) electrons. The highest BCUT2D eigenvalue weighted by atomic mass is 19.4. The summed E-state index contributed by atoms with van der Waals surface area (Å²) in [6.45, 7) is 5.43.